The summed E-state index contributed by atoms with van der Waals surface area (Å²) in [6.45, 7) is -0.567. The number of rotatable bonds is 5. The topological polar surface area (TPSA) is 94.2 Å². The summed E-state index contributed by atoms with van der Waals surface area (Å²) in [5.41, 5.74) is 0.00343. The number of halogens is 3. The normalized spacial score (nSPS) is 16.0. The Morgan fingerprint density at radius 3 is 2.52 bits per heavy atom. The molecule has 1 heterocycles. The van der Waals surface area contributed by atoms with Crippen molar-refractivity contribution in [3.63, 3.8) is 0 Å². The average molecular weight is 325 g/mol. The van der Waals surface area contributed by atoms with E-state index in [9.17, 15) is 26.4 Å². The number of sulfonamides is 1. The standard InChI is InChI=1S/C11H14F3N3O3S/c12-11(13,14)3-4-16-10(18)9-5-8(21(15,19)20)6-17(9)7-1-2-7/h5-7H,1-4H2,(H,16,18)(H2,15,19,20). The third kappa shape index (κ3) is 4.21. The molecule has 0 bridgehead atoms. The molecule has 10 heteroatoms. The maximum Gasteiger partial charge on any atom is 0.390 e. The minimum Gasteiger partial charge on any atom is -0.350 e. The lowest BCUT2D eigenvalue weighted by Gasteiger charge is -2.09. The van der Waals surface area contributed by atoms with Crippen molar-refractivity contribution in [1.29, 1.82) is 0 Å². The molecule has 1 amide bonds. The molecule has 0 unspecified atom stereocenters. The number of hydrogen-bond acceptors (Lipinski definition) is 3. The molecule has 3 N–H and O–H groups in total. The fourth-order valence-electron chi connectivity index (χ4n) is 1.85. The van der Waals surface area contributed by atoms with Gasteiger partial charge in [0.15, 0.2) is 0 Å². The van der Waals surface area contributed by atoms with E-state index in [1.54, 1.807) is 0 Å². The summed E-state index contributed by atoms with van der Waals surface area (Å²) >= 11 is 0. The van der Waals surface area contributed by atoms with Gasteiger partial charge in [-0.25, -0.2) is 13.6 Å². The first-order valence-corrected chi connectivity index (χ1v) is 7.72. The van der Waals surface area contributed by atoms with Gasteiger partial charge in [-0.1, -0.05) is 0 Å². The van der Waals surface area contributed by atoms with Crippen LogP contribution in [0, 0.1) is 0 Å². The second kappa shape index (κ2) is 5.34. The van der Waals surface area contributed by atoms with Crippen molar-refractivity contribution in [2.75, 3.05) is 6.54 Å². The van der Waals surface area contributed by atoms with Gasteiger partial charge in [-0.05, 0) is 18.9 Å². The maximum atomic E-state index is 12.0. The fraction of sp³-hybridized carbons (Fsp3) is 0.545. The molecule has 1 aliphatic carbocycles. The van der Waals surface area contributed by atoms with Crippen LogP contribution in [-0.4, -0.2) is 31.6 Å². The molecule has 118 valence electrons. The van der Waals surface area contributed by atoms with Crippen LogP contribution in [0.1, 0.15) is 35.8 Å². The third-order valence-corrected chi connectivity index (χ3v) is 3.90. The molecule has 1 aromatic heterocycles. The molecule has 0 aliphatic heterocycles. The Hall–Kier alpha value is -1.55. The Balaban J connectivity index is 2.14. The molecule has 6 nitrogen and oxygen atoms in total. The van der Waals surface area contributed by atoms with Crippen molar-refractivity contribution in [3.05, 3.63) is 18.0 Å². The van der Waals surface area contributed by atoms with Gasteiger partial charge < -0.3 is 9.88 Å². The molecule has 21 heavy (non-hydrogen) atoms. The van der Waals surface area contributed by atoms with Gasteiger partial charge in [0, 0.05) is 18.8 Å². The zero-order valence-electron chi connectivity index (χ0n) is 10.9. The van der Waals surface area contributed by atoms with E-state index in [-0.39, 0.29) is 16.6 Å². The van der Waals surface area contributed by atoms with Gasteiger partial charge in [-0.3, -0.25) is 4.79 Å². The molecule has 0 radical (unpaired) electrons. The molecule has 0 atom stereocenters. The Morgan fingerprint density at radius 2 is 2.05 bits per heavy atom. The van der Waals surface area contributed by atoms with Crippen molar-refractivity contribution >= 4 is 15.9 Å². The summed E-state index contributed by atoms with van der Waals surface area (Å²) in [6, 6.07) is 1.07. The highest BCUT2D eigenvalue weighted by atomic mass is 32.2. The lowest BCUT2D eigenvalue weighted by molar-refractivity contribution is -0.133. The van der Waals surface area contributed by atoms with Crippen LogP contribution in [0.15, 0.2) is 17.2 Å². The van der Waals surface area contributed by atoms with Gasteiger partial charge >= 0.3 is 6.18 Å². The SMILES string of the molecule is NS(=O)(=O)c1cc(C(=O)NCCC(F)(F)F)n(C2CC2)c1. The maximum absolute atomic E-state index is 12.0. The molecule has 1 aliphatic rings. The quantitative estimate of drug-likeness (QED) is 0.850. The number of amides is 1. The summed E-state index contributed by atoms with van der Waals surface area (Å²) in [4.78, 5) is 11.7. The van der Waals surface area contributed by atoms with E-state index in [1.165, 1.54) is 10.8 Å². The van der Waals surface area contributed by atoms with Gasteiger partial charge in [0.1, 0.15) is 10.6 Å². The highest BCUT2D eigenvalue weighted by Gasteiger charge is 2.30. The van der Waals surface area contributed by atoms with Crippen LogP contribution in [0.3, 0.4) is 0 Å². The second-order valence-corrected chi connectivity index (χ2v) is 6.43. The number of alkyl halides is 3. The van der Waals surface area contributed by atoms with E-state index in [1.807, 2.05) is 0 Å². The number of nitrogens with two attached hydrogens (primary N) is 1. The fourth-order valence-corrected chi connectivity index (χ4v) is 2.39. The van der Waals surface area contributed by atoms with Crippen molar-refractivity contribution < 1.29 is 26.4 Å². The second-order valence-electron chi connectivity index (χ2n) is 4.87. The number of aromatic nitrogens is 1. The van der Waals surface area contributed by atoms with E-state index < -0.39 is 35.1 Å². The van der Waals surface area contributed by atoms with Crippen molar-refractivity contribution in [3.8, 4) is 0 Å². The Kier molecular flexibility index (Phi) is 4.02. The predicted molar refractivity (Wildman–Crippen MR) is 67.1 cm³/mol. The van der Waals surface area contributed by atoms with Crippen molar-refractivity contribution in [2.45, 2.75) is 36.4 Å². The molecule has 0 saturated heterocycles. The third-order valence-electron chi connectivity index (χ3n) is 3.02. The summed E-state index contributed by atoms with van der Waals surface area (Å²) < 4.78 is 60.1. The molecule has 0 spiro atoms. The van der Waals surface area contributed by atoms with Gasteiger partial charge in [0.25, 0.3) is 5.91 Å². The molecular formula is C11H14F3N3O3S. The summed E-state index contributed by atoms with van der Waals surface area (Å²) in [5.74, 6) is -0.749. The van der Waals surface area contributed by atoms with Crippen LogP contribution in [0.5, 0.6) is 0 Å². The largest absolute Gasteiger partial charge is 0.390 e. The van der Waals surface area contributed by atoms with Crippen LogP contribution in [0.25, 0.3) is 0 Å². The van der Waals surface area contributed by atoms with Gasteiger partial charge in [-0.2, -0.15) is 13.2 Å². The molecule has 1 aromatic rings. The van der Waals surface area contributed by atoms with Gasteiger partial charge in [0.2, 0.25) is 10.0 Å². The highest BCUT2D eigenvalue weighted by molar-refractivity contribution is 7.89. The minimum absolute atomic E-state index is 0.00343. The zero-order chi connectivity index (χ0) is 15.8. The number of nitrogens with one attached hydrogen (secondary N) is 1. The van der Waals surface area contributed by atoms with E-state index in [4.69, 9.17) is 5.14 Å². The highest BCUT2D eigenvalue weighted by Crippen LogP contribution is 2.37. The molecule has 1 saturated carbocycles. The first-order valence-electron chi connectivity index (χ1n) is 6.17. The van der Waals surface area contributed by atoms with E-state index in [0.29, 0.717) is 0 Å². The number of hydrogen-bond donors (Lipinski definition) is 2. The molecule has 0 aromatic carbocycles. The Bertz CT molecular complexity index is 647. The van der Waals surface area contributed by atoms with E-state index in [0.717, 1.165) is 18.9 Å². The Morgan fingerprint density at radius 1 is 1.43 bits per heavy atom. The predicted octanol–water partition coefficient (Wildman–Crippen LogP) is 1.15. The molecule has 1 fully saturated rings. The number of carbonyl (C=O) groups is 1. The van der Waals surface area contributed by atoms with Crippen LogP contribution < -0.4 is 10.5 Å². The summed E-state index contributed by atoms with van der Waals surface area (Å²) in [5, 5.41) is 7.12. The van der Waals surface area contributed by atoms with Crippen LogP contribution in [0.2, 0.25) is 0 Å². The first kappa shape index (κ1) is 15.8. The molecule has 2 rings (SSSR count). The first-order chi connectivity index (χ1) is 9.58. The van der Waals surface area contributed by atoms with Crippen molar-refractivity contribution in [1.82, 2.24) is 9.88 Å². The van der Waals surface area contributed by atoms with Crippen LogP contribution >= 0.6 is 0 Å². The summed E-state index contributed by atoms with van der Waals surface area (Å²) in [6.07, 6.45) is -2.71. The lowest BCUT2D eigenvalue weighted by atomic mass is 10.3. The van der Waals surface area contributed by atoms with Crippen LogP contribution in [0.4, 0.5) is 13.2 Å². The Labute approximate surface area is 119 Å². The van der Waals surface area contributed by atoms with Gasteiger partial charge in [0.05, 0.1) is 6.42 Å². The number of carbonyl (C=O) groups excluding carboxylic acids is 1. The zero-order valence-corrected chi connectivity index (χ0v) is 11.7. The summed E-state index contributed by atoms with van der Waals surface area (Å²) in [7, 11) is -3.97. The number of nitrogens with zero attached hydrogens (tertiary/aromatic N) is 1. The smallest absolute Gasteiger partial charge is 0.350 e. The van der Waals surface area contributed by atoms with E-state index in [2.05, 4.69) is 5.32 Å². The van der Waals surface area contributed by atoms with E-state index >= 15 is 0 Å². The van der Waals surface area contributed by atoms with Crippen molar-refractivity contribution in [2.24, 2.45) is 5.14 Å². The minimum atomic E-state index is -4.36. The number of primary sulfonamides is 1. The van der Waals surface area contributed by atoms with Gasteiger partial charge in [-0.15, -0.1) is 0 Å². The van der Waals surface area contributed by atoms with Crippen LogP contribution in [-0.2, 0) is 10.0 Å². The average Bonchev–Trinajstić information content (AvgIpc) is 3.04. The monoisotopic (exact) mass is 325 g/mol. The molecular weight excluding hydrogens is 311 g/mol. The lowest BCUT2D eigenvalue weighted by Crippen LogP contribution is -2.29.